The van der Waals surface area contributed by atoms with Crippen molar-refractivity contribution in [3.63, 3.8) is 0 Å². The van der Waals surface area contributed by atoms with Gasteiger partial charge in [-0.1, -0.05) is 18.5 Å². The second-order valence-corrected chi connectivity index (χ2v) is 4.46. The minimum atomic E-state index is -0.302. The van der Waals surface area contributed by atoms with Crippen molar-refractivity contribution >= 4 is 17.3 Å². The van der Waals surface area contributed by atoms with Gasteiger partial charge in [0.15, 0.2) is 0 Å². The van der Waals surface area contributed by atoms with Crippen LogP contribution in [0.3, 0.4) is 0 Å². The summed E-state index contributed by atoms with van der Waals surface area (Å²) in [5.74, 6) is -0.302. The number of benzene rings is 1. The molecule has 0 spiro atoms. The van der Waals surface area contributed by atoms with E-state index in [0.717, 1.165) is 18.7 Å². The van der Waals surface area contributed by atoms with Crippen molar-refractivity contribution in [2.45, 2.75) is 26.4 Å². The maximum atomic E-state index is 13.1. The second-order valence-electron chi connectivity index (χ2n) is 4.06. The van der Waals surface area contributed by atoms with Gasteiger partial charge in [-0.25, -0.2) is 9.37 Å². The van der Waals surface area contributed by atoms with Gasteiger partial charge in [0, 0.05) is 12.7 Å². The third-order valence-corrected chi connectivity index (χ3v) is 2.98. The van der Waals surface area contributed by atoms with Crippen molar-refractivity contribution in [3.05, 3.63) is 47.3 Å². The number of nitrogens with one attached hydrogen (secondary N) is 1. The topological polar surface area (TPSA) is 29.9 Å². The van der Waals surface area contributed by atoms with E-state index in [9.17, 15) is 4.39 Å². The maximum Gasteiger partial charge on any atom is 0.125 e. The van der Waals surface area contributed by atoms with Gasteiger partial charge in [-0.2, -0.15) is 0 Å². The van der Waals surface area contributed by atoms with Crippen LogP contribution in [0.25, 0.3) is 0 Å². The third-order valence-electron chi connectivity index (χ3n) is 2.65. The van der Waals surface area contributed by atoms with Crippen molar-refractivity contribution in [1.29, 1.82) is 0 Å². The molecule has 0 saturated heterocycles. The molecule has 0 radical (unpaired) electrons. The lowest BCUT2D eigenvalue weighted by molar-refractivity contribution is 0.628. The van der Waals surface area contributed by atoms with Crippen molar-refractivity contribution < 1.29 is 4.39 Å². The molecular weight excluding hydrogens is 253 g/mol. The number of aryl methyl sites for hydroxylation is 1. The molecule has 2 aromatic rings. The maximum absolute atomic E-state index is 13.1. The van der Waals surface area contributed by atoms with E-state index in [4.69, 9.17) is 11.6 Å². The highest BCUT2D eigenvalue weighted by Gasteiger charge is 2.04. The summed E-state index contributed by atoms with van der Waals surface area (Å²) in [5.41, 5.74) is 1.65. The fourth-order valence-corrected chi connectivity index (χ4v) is 1.94. The fourth-order valence-electron chi connectivity index (χ4n) is 1.76. The van der Waals surface area contributed by atoms with Crippen LogP contribution in [0, 0.1) is 5.82 Å². The SMILES string of the molecule is CCCn1cncc1CNc1cc(F)ccc1Cl. The summed E-state index contributed by atoms with van der Waals surface area (Å²) < 4.78 is 15.2. The number of imidazole rings is 1. The molecule has 0 fully saturated rings. The first kappa shape index (κ1) is 12.9. The van der Waals surface area contributed by atoms with E-state index in [1.807, 2.05) is 0 Å². The minimum Gasteiger partial charge on any atom is -0.378 e. The molecule has 0 aliphatic carbocycles. The zero-order valence-electron chi connectivity index (χ0n) is 10.2. The van der Waals surface area contributed by atoms with E-state index in [1.54, 1.807) is 18.6 Å². The predicted octanol–water partition coefficient (Wildman–Crippen LogP) is 3.70. The van der Waals surface area contributed by atoms with Crippen LogP contribution in [0.15, 0.2) is 30.7 Å². The molecule has 0 bridgehead atoms. The summed E-state index contributed by atoms with van der Waals surface area (Å²) in [4.78, 5) is 4.11. The molecular formula is C13H15ClFN3. The molecule has 3 nitrogen and oxygen atoms in total. The zero-order valence-corrected chi connectivity index (χ0v) is 10.9. The highest BCUT2D eigenvalue weighted by molar-refractivity contribution is 6.33. The van der Waals surface area contributed by atoms with Crippen LogP contribution in [-0.2, 0) is 13.1 Å². The summed E-state index contributed by atoms with van der Waals surface area (Å²) in [7, 11) is 0. The van der Waals surface area contributed by atoms with Crippen molar-refractivity contribution in [2.24, 2.45) is 0 Å². The molecule has 0 saturated carbocycles. The summed E-state index contributed by atoms with van der Waals surface area (Å²) in [6, 6.07) is 4.28. The largest absolute Gasteiger partial charge is 0.378 e. The van der Waals surface area contributed by atoms with Gasteiger partial charge < -0.3 is 9.88 Å². The van der Waals surface area contributed by atoms with Gasteiger partial charge in [-0.15, -0.1) is 0 Å². The molecule has 1 N–H and O–H groups in total. The summed E-state index contributed by atoms with van der Waals surface area (Å²) in [6.45, 7) is 3.61. The number of anilines is 1. The summed E-state index contributed by atoms with van der Waals surface area (Å²) >= 11 is 5.99. The van der Waals surface area contributed by atoms with Gasteiger partial charge in [0.05, 0.1) is 29.3 Å². The Morgan fingerprint density at radius 2 is 2.28 bits per heavy atom. The standard InChI is InChI=1S/C13H15ClFN3/c1-2-5-18-9-16-7-11(18)8-17-13-6-10(15)3-4-12(13)14/h3-4,6-7,9,17H,2,5,8H2,1H3. The van der Waals surface area contributed by atoms with Crippen LogP contribution in [0.1, 0.15) is 19.0 Å². The van der Waals surface area contributed by atoms with Gasteiger partial charge in [-0.3, -0.25) is 0 Å². The molecule has 0 aliphatic rings. The molecule has 0 aliphatic heterocycles. The smallest absolute Gasteiger partial charge is 0.125 e. The van der Waals surface area contributed by atoms with Crippen molar-refractivity contribution in [2.75, 3.05) is 5.32 Å². The first-order valence-corrected chi connectivity index (χ1v) is 6.26. The monoisotopic (exact) mass is 267 g/mol. The first-order chi connectivity index (χ1) is 8.70. The summed E-state index contributed by atoms with van der Waals surface area (Å²) in [5, 5.41) is 3.63. The van der Waals surface area contributed by atoms with Gasteiger partial charge in [0.25, 0.3) is 0 Å². The fraction of sp³-hybridized carbons (Fsp3) is 0.308. The molecule has 1 heterocycles. The van der Waals surface area contributed by atoms with Crippen LogP contribution in [0.2, 0.25) is 5.02 Å². The van der Waals surface area contributed by atoms with E-state index < -0.39 is 0 Å². The van der Waals surface area contributed by atoms with Gasteiger partial charge >= 0.3 is 0 Å². The van der Waals surface area contributed by atoms with Gasteiger partial charge in [-0.05, 0) is 24.6 Å². The Hall–Kier alpha value is -1.55. The summed E-state index contributed by atoms with van der Waals surface area (Å²) in [6.07, 6.45) is 4.65. The average Bonchev–Trinajstić information content (AvgIpc) is 2.78. The molecule has 1 aromatic carbocycles. The highest BCUT2D eigenvalue weighted by Crippen LogP contribution is 2.22. The van der Waals surface area contributed by atoms with Crippen LogP contribution in [0.5, 0.6) is 0 Å². The van der Waals surface area contributed by atoms with Gasteiger partial charge in [0.1, 0.15) is 5.82 Å². The molecule has 1 aromatic heterocycles. The molecule has 0 atom stereocenters. The predicted molar refractivity (Wildman–Crippen MR) is 71.3 cm³/mol. The Kier molecular flexibility index (Phi) is 4.20. The van der Waals surface area contributed by atoms with E-state index in [0.29, 0.717) is 17.3 Å². The Morgan fingerprint density at radius 3 is 3.06 bits per heavy atom. The molecule has 5 heteroatoms. The number of hydrogen-bond acceptors (Lipinski definition) is 2. The second kappa shape index (κ2) is 5.87. The van der Waals surface area contributed by atoms with Crippen LogP contribution >= 0.6 is 11.6 Å². The quantitative estimate of drug-likeness (QED) is 0.895. The lowest BCUT2D eigenvalue weighted by Crippen LogP contribution is -2.07. The van der Waals surface area contributed by atoms with E-state index >= 15 is 0 Å². The van der Waals surface area contributed by atoms with Crippen LogP contribution in [0.4, 0.5) is 10.1 Å². The number of aromatic nitrogens is 2. The molecule has 2 rings (SSSR count). The molecule has 18 heavy (non-hydrogen) atoms. The van der Waals surface area contributed by atoms with E-state index in [-0.39, 0.29) is 5.82 Å². The Bertz CT molecular complexity index is 525. The van der Waals surface area contributed by atoms with Gasteiger partial charge in [0.2, 0.25) is 0 Å². The normalized spacial score (nSPS) is 10.6. The van der Waals surface area contributed by atoms with Crippen LogP contribution < -0.4 is 5.32 Å². The average molecular weight is 268 g/mol. The highest BCUT2D eigenvalue weighted by atomic mass is 35.5. The van der Waals surface area contributed by atoms with Crippen molar-refractivity contribution in [3.8, 4) is 0 Å². The minimum absolute atomic E-state index is 0.302. The zero-order chi connectivity index (χ0) is 13.0. The van der Waals surface area contributed by atoms with Crippen molar-refractivity contribution in [1.82, 2.24) is 9.55 Å². The lowest BCUT2D eigenvalue weighted by Gasteiger charge is -2.10. The van der Waals surface area contributed by atoms with E-state index in [2.05, 4.69) is 21.8 Å². The van der Waals surface area contributed by atoms with E-state index in [1.165, 1.54) is 12.1 Å². The number of rotatable bonds is 5. The number of halogens is 2. The lowest BCUT2D eigenvalue weighted by atomic mass is 10.3. The first-order valence-electron chi connectivity index (χ1n) is 5.88. The molecule has 0 amide bonds. The Morgan fingerprint density at radius 1 is 1.44 bits per heavy atom. The Labute approximate surface area is 111 Å². The number of nitrogens with zero attached hydrogens (tertiary/aromatic N) is 2. The molecule has 96 valence electrons. The third kappa shape index (κ3) is 3.01. The Balaban J connectivity index is 2.06. The van der Waals surface area contributed by atoms with Crippen LogP contribution in [-0.4, -0.2) is 9.55 Å². The molecule has 0 unspecified atom stereocenters. The number of hydrogen-bond donors (Lipinski definition) is 1.